The molecular weight excluding hydrogens is 342 g/mol. The molecule has 1 saturated heterocycles. The maximum Gasteiger partial charge on any atom is 0.321 e. The number of aromatic nitrogens is 3. The second-order valence-electron chi connectivity index (χ2n) is 7.16. The Kier molecular flexibility index (Phi) is 5.72. The van der Waals surface area contributed by atoms with Gasteiger partial charge in [-0.05, 0) is 45.1 Å². The van der Waals surface area contributed by atoms with Crippen molar-refractivity contribution in [2.24, 2.45) is 7.05 Å². The van der Waals surface area contributed by atoms with Crippen LogP contribution in [-0.4, -0.2) is 57.8 Å². The zero-order chi connectivity index (χ0) is 19.4. The van der Waals surface area contributed by atoms with Crippen LogP contribution in [0.4, 0.5) is 10.5 Å². The monoisotopic (exact) mass is 367 g/mol. The molecule has 0 bridgehead atoms. The van der Waals surface area contributed by atoms with E-state index in [4.69, 9.17) is 5.26 Å². The third-order valence-electron chi connectivity index (χ3n) is 4.85. The van der Waals surface area contributed by atoms with E-state index < -0.39 is 0 Å². The number of nitrogens with zero attached hydrogens (tertiary/aromatic N) is 6. The smallest absolute Gasteiger partial charge is 0.321 e. The number of carbonyl (C=O) groups excluding carboxylic acids is 1. The fourth-order valence-electron chi connectivity index (χ4n) is 3.36. The quantitative estimate of drug-likeness (QED) is 0.894. The summed E-state index contributed by atoms with van der Waals surface area (Å²) in [5.74, 6) is 2.26. The van der Waals surface area contributed by atoms with E-state index in [9.17, 15) is 4.79 Å². The molecule has 1 aromatic heterocycles. The number of carbonyl (C=O) groups is 1. The van der Waals surface area contributed by atoms with Gasteiger partial charge in [0.25, 0.3) is 0 Å². The van der Waals surface area contributed by atoms with E-state index in [-0.39, 0.29) is 6.03 Å². The summed E-state index contributed by atoms with van der Waals surface area (Å²) in [6, 6.07) is 8.89. The first-order chi connectivity index (χ1) is 13.0. The molecule has 2 aromatic rings. The van der Waals surface area contributed by atoms with Crippen LogP contribution in [0.25, 0.3) is 0 Å². The van der Waals surface area contributed by atoms with E-state index in [1.807, 2.05) is 26.0 Å². The Morgan fingerprint density at radius 1 is 1.33 bits per heavy atom. The molecule has 2 heterocycles. The maximum atomic E-state index is 12.5. The van der Waals surface area contributed by atoms with Crippen LogP contribution in [0.15, 0.2) is 24.3 Å². The number of hydrogen-bond acceptors (Lipinski definition) is 5. The minimum absolute atomic E-state index is 0.130. The lowest BCUT2D eigenvalue weighted by molar-refractivity contribution is 0.193. The maximum absolute atomic E-state index is 12.5. The number of benzene rings is 1. The second-order valence-corrected chi connectivity index (χ2v) is 7.16. The Hall–Kier alpha value is -2.92. The van der Waals surface area contributed by atoms with Crippen molar-refractivity contribution in [3.8, 4) is 6.07 Å². The summed E-state index contributed by atoms with van der Waals surface area (Å²) >= 11 is 0. The molecule has 8 heteroatoms. The molecule has 1 N–H and O–H groups in total. The zero-order valence-electron chi connectivity index (χ0n) is 16.0. The first-order valence-corrected chi connectivity index (χ1v) is 9.07. The average Bonchev–Trinajstić information content (AvgIpc) is 3.02. The van der Waals surface area contributed by atoms with Crippen molar-refractivity contribution in [3.63, 3.8) is 0 Å². The van der Waals surface area contributed by atoms with Gasteiger partial charge in [0.05, 0.1) is 18.2 Å². The lowest BCUT2D eigenvalue weighted by Crippen LogP contribution is -2.40. The van der Waals surface area contributed by atoms with E-state index in [1.165, 1.54) is 0 Å². The molecule has 1 fully saturated rings. The molecule has 0 spiro atoms. The summed E-state index contributed by atoms with van der Waals surface area (Å²) in [7, 11) is 6.03. The molecule has 8 nitrogen and oxygen atoms in total. The van der Waals surface area contributed by atoms with Crippen molar-refractivity contribution < 1.29 is 4.79 Å². The van der Waals surface area contributed by atoms with Gasteiger partial charge in [0.2, 0.25) is 0 Å². The Morgan fingerprint density at radius 3 is 2.74 bits per heavy atom. The van der Waals surface area contributed by atoms with Crippen LogP contribution in [0.5, 0.6) is 0 Å². The van der Waals surface area contributed by atoms with Crippen molar-refractivity contribution in [2.45, 2.75) is 25.3 Å². The molecule has 1 aliphatic heterocycles. The summed E-state index contributed by atoms with van der Waals surface area (Å²) in [4.78, 5) is 16.4. The van der Waals surface area contributed by atoms with E-state index in [2.05, 4.69) is 31.1 Å². The highest BCUT2D eigenvalue weighted by Gasteiger charge is 2.27. The molecule has 142 valence electrons. The highest BCUT2D eigenvalue weighted by atomic mass is 16.2. The van der Waals surface area contributed by atoms with E-state index in [0.29, 0.717) is 30.3 Å². The Balaban J connectivity index is 1.58. The zero-order valence-corrected chi connectivity index (χ0v) is 16.0. The first kappa shape index (κ1) is 18.9. The van der Waals surface area contributed by atoms with Crippen molar-refractivity contribution in [2.75, 3.05) is 32.5 Å². The van der Waals surface area contributed by atoms with Gasteiger partial charge in [-0.15, -0.1) is 10.2 Å². The van der Waals surface area contributed by atoms with Gasteiger partial charge >= 0.3 is 6.03 Å². The third-order valence-corrected chi connectivity index (χ3v) is 4.85. The lowest BCUT2D eigenvalue weighted by atomic mass is 9.96. The van der Waals surface area contributed by atoms with Gasteiger partial charge in [-0.1, -0.05) is 6.07 Å². The number of hydrogen-bond donors (Lipinski definition) is 1. The van der Waals surface area contributed by atoms with Crippen molar-refractivity contribution in [3.05, 3.63) is 41.5 Å². The SMILES string of the molecule is CN(C)Cc1nnc(C2CCN(C(=O)Nc3cccc(C#N)c3)CC2)n1C. The molecule has 3 rings (SSSR count). The van der Waals surface area contributed by atoms with E-state index in [0.717, 1.165) is 31.0 Å². The molecular formula is C19H25N7O. The van der Waals surface area contributed by atoms with Crippen LogP contribution in [0.2, 0.25) is 0 Å². The Morgan fingerprint density at radius 2 is 2.07 bits per heavy atom. The van der Waals surface area contributed by atoms with Crippen LogP contribution in [-0.2, 0) is 13.6 Å². The molecule has 1 aliphatic rings. The van der Waals surface area contributed by atoms with Crippen molar-refractivity contribution in [1.29, 1.82) is 5.26 Å². The lowest BCUT2D eigenvalue weighted by Gasteiger charge is -2.31. The number of nitrogens with one attached hydrogen (secondary N) is 1. The van der Waals surface area contributed by atoms with Gasteiger partial charge in [-0.3, -0.25) is 0 Å². The number of amides is 2. The van der Waals surface area contributed by atoms with Crippen molar-refractivity contribution >= 4 is 11.7 Å². The summed E-state index contributed by atoms with van der Waals surface area (Å²) in [6.45, 7) is 2.10. The average molecular weight is 367 g/mol. The normalized spacial score (nSPS) is 15.0. The molecule has 2 amide bonds. The van der Waals surface area contributed by atoms with Crippen LogP contribution < -0.4 is 5.32 Å². The van der Waals surface area contributed by atoms with Gasteiger partial charge in [0, 0.05) is 31.7 Å². The van der Waals surface area contributed by atoms with Crippen LogP contribution >= 0.6 is 0 Å². The van der Waals surface area contributed by atoms with E-state index >= 15 is 0 Å². The standard InChI is InChI=1S/C19H25N7O/c1-24(2)13-17-22-23-18(25(17)3)15-7-9-26(10-8-15)19(27)21-16-6-4-5-14(11-16)12-20/h4-6,11,15H,7-10,13H2,1-3H3,(H,21,27). The van der Waals surface area contributed by atoms with Gasteiger partial charge in [0.1, 0.15) is 11.6 Å². The molecule has 0 saturated carbocycles. The second kappa shape index (κ2) is 8.18. The van der Waals surface area contributed by atoms with Crippen LogP contribution in [0.1, 0.15) is 36.0 Å². The molecule has 0 aliphatic carbocycles. The third kappa shape index (κ3) is 4.44. The number of piperidine rings is 1. The number of anilines is 1. The molecule has 0 radical (unpaired) electrons. The molecule has 1 aromatic carbocycles. The molecule has 27 heavy (non-hydrogen) atoms. The summed E-state index contributed by atoms with van der Waals surface area (Å²) in [5, 5.41) is 20.5. The number of nitriles is 1. The van der Waals surface area contributed by atoms with Crippen LogP contribution in [0.3, 0.4) is 0 Å². The number of likely N-dealkylation sites (tertiary alicyclic amines) is 1. The van der Waals surface area contributed by atoms with Crippen molar-refractivity contribution in [1.82, 2.24) is 24.6 Å². The highest BCUT2D eigenvalue weighted by Crippen LogP contribution is 2.27. The number of urea groups is 1. The molecule has 0 unspecified atom stereocenters. The largest absolute Gasteiger partial charge is 0.324 e. The van der Waals surface area contributed by atoms with E-state index in [1.54, 1.807) is 24.3 Å². The fraction of sp³-hybridized carbons (Fsp3) is 0.474. The Bertz CT molecular complexity index is 844. The predicted molar refractivity (Wildman–Crippen MR) is 102 cm³/mol. The summed E-state index contributed by atoms with van der Waals surface area (Å²) in [5.41, 5.74) is 1.17. The minimum Gasteiger partial charge on any atom is -0.324 e. The first-order valence-electron chi connectivity index (χ1n) is 9.07. The minimum atomic E-state index is -0.130. The topological polar surface area (TPSA) is 90.1 Å². The summed E-state index contributed by atoms with van der Waals surface area (Å²) in [6.07, 6.45) is 1.72. The summed E-state index contributed by atoms with van der Waals surface area (Å²) < 4.78 is 2.08. The highest BCUT2D eigenvalue weighted by molar-refractivity contribution is 5.89. The van der Waals surface area contributed by atoms with Gasteiger partial charge in [-0.25, -0.2) is 4.79 Å². The van der Waals surface area contributed by atoms with Gasteiger partial charge in [0.15, 0.2) is 0 Å². The number of rotatable bonds is 4. The predicted octanol–water partition coefficient (Wildman–Crippen LogP) is 2.16. The molecule has 0 atom stereocenters. The van der Waals surface area contributed by atoms with Gasteiger partial charge in [-0.2, -0.15) is 5.26 Å². The van der Waals surface area contributed by atoms with Gasteiger partial charge < -0.3 is 19.7 Å². The van der Waals surface area contributed by atoms with Crippen LogP contribution in [0, 0.1) is 11.3 Å². The Labute approximate surface area is 159 Å². The fourth-order valence-corrected chi connectivity index (χ4v) is 3.36.